The predicted molar refractivity (Wildman–Crippen MR) is 60.4 cm³/mol. The van der Waals surface area contributed by atoms with Crippen molar-refractivity contribution < 1.29 is 9.53 Å². The Hall–Kier alpha value is -1.42. The monoisotopic (exact) mass is 220 g/mol. The molecule has 2 rings (SSSR count). The summed E-state index contributed by atoms with van der Waals surface area (Å²) in [4.78, 5) is 16.1. The molecule has 16 heavy (non-hydrogen) atoms. The number of aromatic nitrogens is 1. The normalized spacial score (nSPS) is 19.8. The highest BCUT2D eigenvalue weighted by Crippen LogP contribution is 2.07. The van der Waals surface area contributed by atoms with Crippen molar-refractivity contribution >= 4 is 5.91 Å². The molecule has 1 saturated heterocycles. The van der Waals surface area contributed by atoms with E-state index in [1.807, 2.05) is 19.9 Å². The van der Waals surface area contributed by atoms with Crippen molar-refractivity contribution in [2.75, 3.05) is 13.2 Å². The molecule has 86 valence electrons. The Morgan fingerprint density at radius 1 is 1.50 bits per heavy atom. The van der Waals surface area contributed by atoms with Crippen LogP contribution in [-0.4, -0.2) is 30.1 Å². The van der Waals surface area contributed by atoms with E-state index in [0.717, 1.165) is 24.3 Å². The molecule has 2 heterocycles. The number of nitrogens with one attached hydrogen (secondary N) is 1. The molecule has 0 radical (unpaired) electrons. The molecule has 1 unspecified atom stereocenters. The third-order valence-corrected chi connectivity index (χ3v) is 2.85. The van der Waals surface area contributed by atoms with E-state index in [1.165, 1.54) is 0 Å². The van der Waals surface area contributed by atoms with Crippen LogP contribution in [0.3, 0.4) is 0 Å². The zero-order valence-electron chi connectivity index (χ0n) is 9.62. The molecule has 4 heteroatoms. The second-order valence-corrected chi connectivity index (χ2v) is 4.13. The molecule has 0 spiro atoms. The van der Waals surface area contributed by atoms with Gasteiger partial charge < -0.3 is 10.1 Å². The standard InChI is InChI=1S/C12H16N2O2/c1-8-3-4-11(13-9(8)2)12(15)14-10-5-6-16-7-10/h3-4,10H,5-7H2,1-2H3,(H,14,15). The van der Waals surface area contributed by atoms with Crippen LogP contribution in [0.2, 0.25) is 0 Å². The molecular formula is C12H16N2O2. The third-order valence-electron chi connectivity index (χ3n) is 2.85. The first-order valence-electron chi connectivity index (χ1n) is 5.49. The molecule has 1 atom stereocenters. The van der Waals surface area contributed by atoms with Crippen molar-refractivity contribution in [2.45, 2.75) is 26.3 Å². The largest absolute Gasteiger partial charge is 0.379 e. The van der Waals surface area contributed by atoms with Crippen LogP contribution in [0, 0.1) is 13.8 Å². The molecule has 1 aliphatic heterocycles. The van der Waals surface area contributed by atoms with Crippen molar-refractivity contribution in [1.29, 1.82) is 0 Å². The van der Waals surface area contributed by atoms with Gasteiger partial charge in [0.1, 0.15) is 5.69 Å². The summed E-state index contributed by atoms with van der Waals surface area (Å²) in [6.07, 6.45) is 0.885. The quantitative estimate of drug-likeness (QED) is 0.815. The second-order valence-electron chi connectivity index (χ2n) is 4.13. The maximum atomic E-state index is 11.8. The van der Waals surface area contributed by atoms with Gasteiger partial charge in [-0.1, -0.05) is 6.07 Å². The Bertz CT molecular complexity index is 398. The number of amides is 1. The summed E-state index contributed by atoms with van der Waals surface area (Å²) in [6, 6.07) is 3.81. The fourth-order valence-electron chi connectivity index (χ4n) is 1.66. The van der Waals surface area contributed by atoms with Gasteiger partial charge >= 0.3 is 0 Å². The number of aryl methyl sites for hydroxylation is 2. The van der Waals surface area contributed by atoms with Gasteiger partial charge in [-0.3, -0.25) is 4.79 Å². The maximum absolute atomic E-state index is 11.8. The van der Waals surface area contributed by atoms with Crippen LogP contribution in [-0.2, 0) is 4.74 Å². The van der Waals surface area contributed by atoms with E-state index in [9.17, 15) is 4.79 Å². The van der Waals surface area contributed by atoms with Gasteiger partial charge in [0.05, 0.1) is 12.6 Å². The van der Waals surface area contributed by atoms with Gasteiger partial charge in [-0.05, 0) is 31.9 Å². The average Bonchev–Trinajstić information content (AvgIpc) is 2.74. The molecular weight excluding hydrogens is 204 g/mol. The molecule has 1 aromatic rings. The summed E-state index contributed by atoms with van der Waals surface area (Å²) in [5.41, 5.74) is 2.48. The first-order chi connectivity index (χ1) is 7.66. The van der Waals surface area contributed by atoms with Crippen molar-refractivity contribution in [3.05, 3.63) is 29.1 Å². The van der Waals surface area contributed by atoms with Crippen LogP contribution in [0.1, 0.15) is 28.2 Å². The smallest absolute Gasteiger partial charge is 0.270 e. The molecule has 1 amide bonds. The molecule has 1 aromatic heterocycles. The van der Waals surface area contributed by atoms with E-state index >= 15 is 0 Å². The van der Waals surface area contributed by atoms with Gasteiger partial charge in [0.2, 0.25) is 0 Å². The number of ether oxygens (including phenoxy) is 1. The molecule has 0 bridgehead atoms. The summed E-state index contributed by atoms with van der Waals surface area (Å²) >= 11 is 0. The highest BCUT2D eigenvalue weighted by atomic mass is 16.5. The summed E-state index contributed by atoms with van der Waals surface area (Å²) in [5.74, 6) is -0.112. The predicted octanol–water partition coefficient (Wildman–Crippen LogP) is 1.22. The Labute approximate surface area is 95.0 Å². The third kappa shape index (κ3) is 2.39. The molecule has 0 aromatic carbocycles. The Morgan fingerprint density at radius 2 is 2.31 bits per heavy atom. The van der Waals surface area contributed by atoms with Gasteiger partial charge in [-0.15, -0.1) is 0 Å². The minimum absolute atomic E-state index is 0.112. The van der Waals surface area contributed by atoms with Crippen LogP contribution in [0.5, 0.6) is 0 Å². The summed E-state index contributed by atoms with van der Waals surface area (Å²) in [7, 11) is 0. The SMILES string of the molecule is Cc1ccc(C(=O)NC2CCOC2)nc1C. The number of carbonyl (C=O) groups is 1. The molecule has 0 aliphatic carbocycles. The summed E-state index contributed by atoms with van der Waals surface area (Å²) in [5, 5.41) is 2.92. The number of hydrogen-bond donors (Lipinski definition) is 1. The van der Waals surface area contributed by atoms with E-state index in [0.29, 0.717) is 12.3 Å². The highest BCUT2D eigenvalue weighted by Gasteiger charge is 2.19. The summed E-state index contributed by atoms with van der Waals surface area (Å²) < 4.78 is 5.20. The van der Waals surface area contributed by atoms with Crippen molar-refractivity contribution in [2.24, 2.45) is 0 Å². The van der Waals surface area contributed by atoms with Gasteiger partial charge in [0.25, 0.3) is 5.91 Å². The maximum Gasteiger partial charge on any atom is 0.270 e. The van der Waals surface area contributed by atoms with Crippen LogP contribution in [0.4, 0.5) is 0 Å². The second kappa shape index (κ2) is 4.61. The Kier molecular flexibility index (Phi) is 3.19. The Morgan fingerprint density at radius 3 is 2.94 bits per heavy atom. The topological polar surface area (TPSA) is 51.2 Å². The molecule has 0 saturated carbocycles. The van der Waals surface area contributed by atoms with E-state index in [1.54, 1.807) is 6.07 Å². The lowest BCUT2D eigenvalue weighted by Gasteiger charge is -2.10. The van der Waals surface area contributed by atoms with Crippen LogP contribution in [0.25, 0.3) is 0 Å². The molecule has 1 N–H and O–H groups in total. The number of rotatable bonds is 2. The lowest BCUT2D eigenvalue weighted by molar-refractivity contribution is 0.0924. The van der Waals surface area contributed by atoms with Gasteiger partial charge in [-0.25, -0.2) is 4.98 Å². The number of hydrogen-bond acceptors (Lipinski definition) is 3. The van der Waals surface area contributed by atoms with Crippen molar-refractivity contribution in [1.82, 2.24) is 10.3 Å². The zero-order valence-corrected chi connectivity index (χ0v) is 9.62. The van der Waals surface area contributed by atoms with Crippen molar-refractivity contribution in [3.63, 3.8) is 0 Å². The number of pyridine rings is 1. The first kappa shape index (κ1) is 11.1. The molecule has 4 nitrogen and oxygen atoms in total. The van der Waals surface area contributed by atoms with Crippen LogP contribution < -0.4 is 5.32 Å². The highest BCUT2D eigenvalue weighted by molar-refractivity contribution is 5.92. The average molecular weight is 220 g/mol. The summed E-state index contributed by atoms with van der Waals surface area (Å²) in [6.45, 7) is 5.22. The van der Waals surface area contributed by atoms with Crippen molar-refractivity contribution in [3.8, 4) is 0 Å². The first-order valence-corrected chi connectivity index (χ1v) is 5.49. The van der Waals surface area contributed by atoms with E-state index in [-0.39, 0.29) is 11.9 Å². The minimum atomic E-state index is -0.112. The number of nitrogens with zero attached hydrogens (tertiary/aromatic N) is 1. The molecule has 1 aliphatic rings. The number of carbonyl (C=O) groups excluding carboxylic acids is 1. The fraction of sp³-hybridized carbons (Fsp3) is 0.500. The lowest BCUT2D eigenvalue weighted by Crippen LogP contribution is -2.35. The lowest BCUT2D eigenvalue weighted by atomic mass is 10.2. The van der Waals surface area contributed by atoms with E-state index in [2.05, 4.69) is 10.3 Å². The zero-order chi connectivity index (χ0) is 11.5. The van der Waals surface area contributed by atoms with Gasteiger partial charge in [-0.2, -0.15) is 0 Å². The fourth-order valence-corrected chi connectivity index (χ4v) is 1.66. The minimum Gasteiger partial charge on any atom is -0.379 e. The van der Waals surface area contributed by atoms with Gasteiger partial charge in [0.15, 0.2) is 0 Å². The molecule has 1 fully saturated rings. The van der Waals surface area contributed by atoms with E-state index < -0.39 is 0 Å². The van der Waals surface area contributed by atoms with Crippen LogP contribution in [0.15, 0.2) is 12.1 Å². The Balaban J connectivity index is 2.05. The van der Waals surface area contributed by atoms with E-state index in [4.69, 9.17) is 4.74 Å². The van der Waals surface area contributed by atoms with Crippen LogP contribution >= 0.6 is 0 Å². The van der Waals surface area contributed by atoms with Gasteiger partial charge in [0, 0.05) is 12.3 Å².